The number of carbonyl (C=O) groups excluding carboxylic acids is 2. The minimum absolute atomic E-state index is 0.108. The Hall–Kier alpha value is -2.12. The molecule has 1 aromatic heterocycles. The van der Waals surface area contributed by atoms with Gasteiger partial charge in [-0.1, -0.05) is 30.3 Å². The Bertz CT molecular complexity index is 685. The van der Waals surface area contributed by atoms with Crippen LogP contribution in [-0.2, 0) is 4.79 Å². The van der Waals surface area contributed by atoms with Crippen molar-refractivity contribution < 1.29 is 18.9 Å². The first-order valence-corrected chi connectivity index (χ1v) is 8.42. The molecule has 0 saturated heterocycles. The molecule has 0 saturated carbocycles. The van der Waals surface area contributed by atoms with E-state index in [0.717, 1.165) is 12.1 Å². The Morgan fingerprint density at radius 1 is 1.17 bits per heavy atom. The summed E-state index contributed by atoms with van der Waals surface area (Å²) < 4.78 is 5.62. The largest absolute Gasteiger partial charge is 0.444 e. The second-order valence-electron chi connectivity index (χ2n) is 5.73. The second kappa shape index (κ2) is 8.65. The molecule has 2 amide bonds. The lowest BCUT2D eigenvalue weighted by molar-refractivity contribution is -0.860. The topological polar surface area (TPSA) is 75.8 Å². The average molecular weight is 395 g/mol. The van der Waals surface area contributed by atoms with Crippen molar-refractivity contribution in [1.82, 2.24) is 10.6 Å². The molecular formula is C17H21BrN3O3+. The van der Waals surface area contributed by atoms with Crippen LogP contribution in [-0.4, -0.2) is 39.0 Å². The van der Waals surface area contributed by atoms with Gasteiger partial charge in [0.1, 0.15) is 12.6 Å². The van der Waals surface area contributed by atoms with Crippen LogP contribution in [0.4, 0.5) is 0 Å². The molecule has 128 valence electrons. The van der Waals surface area contributed by atoms with Crippen LogP contribution in [0, 0.1) is 0 Å². The summed E-state index contributed by atoms with van der Waals surface area (Å²) in [6.07, 6.45) is 0. The Morgan fingerprint density at radius 2 is 1.88 bits per heavy atom. The molecule has 2 rings (SSSR count). The van der Waals surface area contributed by atoms with Crippen molar-refractivity contribution in [2.24, 2.45) is 0 Å². The maximum atomic E-state index is 12.2. The van der Waals surface area contributed by atoms with E-state index in [1.807, 2.05) is 44.4 Å². The Labute approximate surface area is 149 Å². The minimum Gasteiger partial charge on any atom is -0.444 e. The molecule has 0 radical (unpaired) electrons. The maximum Gasteiger partial charge on any atom is 0.287 e. The summed E-state index contributed by atoms with van der Waals surface area (Å²) in [7, 11) is 4.05. The zero-order valence-electron chi connectivity index (χ0n) is 13.6. The molecule has 0 bridgehead atoms. The summed E-state index contributed by atoms with van der Waals surface area (Å²) in [5, 5.41) is 5.51. The van der Waals surface area contributed by atoms with Gasteiger partial charge in [-0.15, -0.1) is 0 Å². The van der Waals surface area contributed by atoms with Gasteiger partial charge < -0.3 is 20.0 Å². The molecule has 3 N–H and O–H groups in total. The van der Waals surface area contributed by atoms with Crippen LogP contribution in [0.2, 0.25) is 0 Å². The molecule has 1 heterocycles. The van der Waals surface area contributed by atoms with Gasteiger partial charge in [0, 0.05) is 0 Å². The average Bonchev–Trinajstić information content (AvgIpc) is 2.99. The van der Waals surface area contributed by atoms with Crippen molar-refractivity contribution in [3.05, 3.63) is 58.5 Å². The second-order valence-corrected chi connectivity index (χ2v) is 6.51. The molecule has 0 aliphatic heterocycles. The molecule has 0 fully saturated rings. The fraction of sp³-hybridized carbons (Fsp3) is 0.294. The van der Waals surface area contributed by atoms with Crippen molar-refractivity contribution >= 4 is 27.7 Å². The maximum absolute atomic E-state index is 12.2. The summed E-state index contributed by atoms with van der Waals surface area (Å²) >= 11 is 3.13. The first kappa shape index (κ1) is 18.2. The van der Waals surface area contributed by atoms with Gasteiger partial charge in [0.25, 0.3) is 5.91 Å². The van der Waals surface area contributed by atoms with E-state index in [9.17, 15) is 9.59 Å². The van der Waals surface area contributed by atoms with E-state index < -0.39 is 5.91 Å². The van der Waals surface area contributed by atoms with Crippen LogP contribution in [0.5, 0.6) is 0 Å². The first-order chi connectivity index (χ1) is 11.5. The van der Waals surface area contributed by atoms with Crippen LogP contribution in [0.1, 0.15) is 22.2 Å². The zero-order chi connectivity index (χ0) is 17.5. The summed E-state index contributed by atoms with van der Waals surface area (Å²) in [6.45, 7) is 0.637. The van der Waals surface area contributed by atoms with Gasteiger partial charge in [-0.25, -0.2) is 0 Å². The van der Waals surface area contributed by atoms with Crippen LogP contribution in [0.3, 0.4) is 0 Å². The number of halogens is 1. The summed E-state index contributed by atoms with van der Waals surface area (Å²) in [6, 6.07) is 12.8. The predicted octanol–water partition coefficient (Wildman–Crippen LogP) is 0.774. The van der Waals surface area contributed by atoms with E-state index in [2.05, 4.69) is 26.6 Å². The number of carbonyl (C=O) groups is 2. The van der Waals surface area contributed by atoms with Gasteiger partial charge in [-0.05, 0) is 33.6 Å². The van der Waals surface area contributed by atoms with Crippen molar-refractivity contribution in [3.8, 4) is 0 Å². The normalized spacial score (nSPS) is 12.0. The first-order valence-electron chi connectivity index (χ1n) is 7.62. The Kier molecular flexibility index (Phi) is 6.57. The molecule has 2 aromatic rings. The molecule has 24 heavy (non-hydrogen) atoms. The van der Waals surface area contributed by atoms with Crippen molar-refractivity contribution in [1.29, 1.82) is 0 Å². The SMILES string of the molecule is C[NH+](C)C[C@@H](NC(=O)CNC(=O)c1ccc(Br)o1)c1ccccc1. The Morgan fingerprint density at radius 3 is 2.46 bits per heavy atom. The van der Waals surface area contributed by atoms with E-state index in [0.29, 0.717) is 4.67 Å². The summed E-state index contributed by atoms with van der Waals surface area (Å²) in [5.74, 6) is -0.513. The van der Waals surface area contributed by atoms with E-state index in [1.165, 1.54) is 4.90 Å². The molecule has 0 spiro atoms. The van der Waals surface area contributed by atoms with Crippen molar-refractivity contribution in [2.45, 2.75) is 6.04 Å². The van der Waals surface area contributed by atoms with Gasteiger partial charge in [0.05, 0.1) is 20.6 Å². The van der Waals surface area contributed by atoms with E-state index in [4.69, 9.17) is 4.42 Å². The number of hydrogen-bond acceptors (Lipinski definition) is 3. The monoisotopic (exact) mass is 394 g/mol. The third-order valence-electron chi connectivity index (χ3n) is 3.36. The molecule has 0 aliphatic carbocycles. The third-order valence-corrected chi connectivity index (χ3v) is 3.78. The van der Waals surface area contributed by atoms with Crippen molar-refractivity contribution in [3.63, 3.8) is 0 Å². The number of hydrogen-bond donors (Lipinski definition) is 3. The highest BCUT2D eigenvalue weighted by Gasteiger charge is 2.18. The summed E-state index contributed by atoms with van der Waals surface area (Å²) in [5.41, 5.74) is 1.04. The van der Waals surface area contributed by atoms with E-state index >= 15 is 0 Å². The van der Waals surface area contributed by atoms with Gasteiger partial charge in [0.15, 0.2) is 10.4 Å². The fourth-order valence-corrected chi connectivity index (χ4v) is 2.58. The number of likely N-dealkylation sites (N-methyl/N-ethyl adjacent to an activating group) is 1. The number of amides is 2. The Balaban J connectivity index is 1.91. The van der Waals surface area contributed by atoms with Crippen LogP contribution in [0.15, 0.2) is 51.6 Å². The number of furan rings is 1. The molecular weight excluding hydrogens is 374 g/mol. The highest BCUT2D eigenvalue weighted by molar-refractivity contribution is 9.10. The molecule has 7 heteroatoms. The number of rotatable bonds is 7. The third kappa shape index (κ3) is 5.50. The lowest BCUT2D eigenvalue weighted by Gasteiger charge is -2.21. The zero-order valence-corrected chi connectivity index (χ0v) is 15.2. The lowest BCUT2D eigenvalue weighted by atomic mass is 10.1. The van der Waals surface area contributed by atoms with E-state index in [-0.39, 0.29) is 24.3 Å². The molecule has 0 unspecified atom stereocenters. The standard InChI is InChI=1S/C17H20BrN3O3/c1-21(2)11-13(12-6-4-3-5-7-12)20-16(22)10-19-17(23)14-8-9-15(18)24-14/h3-9,13H,10-11H2,1-2H3,(H,19,23)(H,20,22)/p+1/t13-/m1/s1. The predicted molar refractivity (Wildman–Crippen MR) is 93.7 cm³/mol. The lowest BCUT2D eigenvalue weighted by Crippen LogP contribution is -3.06. The van der Waals surface area contributed by atoms with E-state index in [1.54, 1.807) is 12.1 Å². The van der Waals surface area contributed by atoms with Gasteiger partial charge in [0.2, 0.25) is 5.91 Å². The number of quaternary nitrogens is 1. The van der Waals surface area contributed by atoms with Gasteiger partial charge in [-0.2, -0.15) is 0 Å². The molecule has 0 aliphatic rings. The summed E-state index contributed by atoms with van der Waals surface area (Å²) in [4.78, 5) is 25.3. The quantitative estimate of drug-likeness (QED) is 0.649. The molecule has 1 atom stereocenters. The van der Waals surface area contributed by atoms with Crippen LogP contribution in [0.25, 0.3) is 0 Å². The van der Waals surface area contributed by atoms with Crippen LogP contribution >= 0.6 is 15.9 Å². The minimum atomic E-state index is -0.426. The number of benzene rings is 1. The van der Waals surface area contributed by atoms with Gasteiger partial charge >= 0.3 is 0 Å². The molecule has 6 nitrogen and oxygen atoms in total. The van der Waals surface area contributed by atoms with Gasteiger partial charge in [-0.3, -0.25) is 9.59 Å². The van der Waals surface area contributed by atoms with Crippen LogP contribution < -0.4 is 15.5 Å². The molecule has 1 aromatic carbocycles. The fourth-order valence-electron chi connectivity index (χ4n) is 2.28. The highest BCUT2D eigenvalue weighted by Crippen LogP contribution is 2.13. The van der Waals surface area contributed by atoms with Crippen molar-refractivity contribution in [2.75, 3.05) is 27.2 Å². The smallest absolute Gasteiger partial charge is 0.287 e. The number of nitrogens with one attached hydrogen (secondary N) is 3. The highest BCUT2D eigenvalue weighted by atomic mass is 79.9.